The van der Waals surface area contributed by atoms with Crippen LogP contribution in [-0.4, -0.2) is 12.1 Å². The molecule has 0 fully saturated rings. The predicted molar refractivity (Wildman–Crippen MR) is 84.4 cm³/mol. The third-order valence-electron chi connectivity index (χ3n) is 3.82. The van der Waals surface area contributed by atoms with Gasteiger partial charge in [-0.1, -0.05) is 11.6 Å². The third kappa shape index (κ3) is 2.90. The summed E-state index contributed by atoms with van der Waals surface area (Å²) in [6.45, 7) is 0. The lowest BCUT2D eigenvalue weighted by Crippen LogP contribution is -2.21. The number of methoxy groups -OCH3 is 1. The van der Waals surface area contributed by atoms with Crippen molar-refractivity contribution in [2.24, 2.45) is 0 Å². The zero-order valence-electron chi connectivity index (χ0n) is 11.8. The van der Waals surface area contributed by atoms with Crippen molar-refractivity contribution in [1.29, 1.82) is 0 Å². The van der Waals surface area contributed by atoms with Crippen molar-refractivity contribution < 1.29 is 4.74 Å². The first-order valence-electron chi connectivity index (χ1n) is 6.99. The highest BCUT2D eigenvalue weighted by Crippen LogP contribution is 2.35. The maximum atomic E-state index is 11.4. The summed E-state index contributed by atoms with van der Waals surface area (Å²) in [5.74, 6) is 0.760. The molecule has 1 aromatic carbocycles. The Hall–Kier alpha value is -1.94. The zero-order chi connectivity index (χ0) is 14.8. The van der Waals surface area contributed by atoms with E-state index < -0.39 is 0 Å². The topological polar surface area (TPSA) is 54.1 Å². The molecule has 3 rings (SSSR count). The molecule has 0 aliphatic heterocycles. The maximum Gasteiger partial charge on any atom is 0.248 e. The molecule has 4 nitrogen and oxygen atoms in total. The highest BCUT2D eigenvalue weighted by Gasteiger charge is 2.21. The number of H-pyrrole nitrogens is 1. The fourth-order valence-corrected chi connectivity index (χ4v) is 3.00. The molecule has 1 aliphatic carbocycles. The zero-order valence-corrected chi connectivity index (χ0v) is 12.5. The van der Waals surface area contributed by atoms with E-state index in [-0.39, 0.29) is 11.6 Å². The highest BCUT2D eigenvalue weighted by atomic mass is 35.5. The van der Waals surface area contributed by atoms with E-state index in [0.717, 1.165) is 42.0 Å². The van der Waals surface area contributed by atoms with Gasteiger partial charge >= 0.3 is 0 Å². The van der Waals surface area contributed by atoms with Gasteiger partial charge in [0.2, 0.25) is 5.56 Å². The fraction of sp³-hybridized carbons (Fsp3) is 0.312. The Kier molecular flexibility index (Phi) is 3.88. The lowest BCUT2D eigenvalue weighted by atomic mass is 9.91. The van der Waals surface area contributed by atoms with Gasteiger partial charge in [0.15, 0.2) is 0 Å². The van der Waals surface area contributed by atoms with Crippen molar-refractivity contribution in [3.05, 3.63) is 57.0 Å². The van der Waals surface area contributed by atoms with Crippen LogP contribution < -0.4 is 15.6 Å². The number of aromatic amines is 1. The number of halogens is 1. The van der Waals surface area contributed by atoms with Gasteiger partial charge in [0.1, 0.15) is 5.75 Å². The second kappa shape index (κ2) is 5.82. The van der Waals surface area contributed by atoms with Crippen LogP contribution in [0.25, 0.3) is 0 Å². The molecule has 21 heavy (non-hydrogen) atoms. The van der Waals surface area contributed by atoms with Crippen molar-refractivity contribution in [1.82, 2.24) is 4.98 Å². The van der Waals surface area contributed by atoms with Crippen molar-refractivity contribution in [3.63, 3.8) is 0 Å². The molecule has 2 N–H and O–H groups in total. The molecular weight excluding hydrogens is 288 g/mol. The van der Waals surface area contributed by atoms with Gasteiger partial charge in [-0.3, -0.25) is 4.79 Å². The molecule has 2 aromatic rings. The van der Waals surface area contributed by atoms with Gasteiger partial charge in [0, 0.05) is 16.8 Å². The molecule has 1 aliphatic rings. The molecule has 1 unspecified atom stereocenters. The van der Waals surface area contributed by atoms with E-state index in [0.29, 0.717) is 5.02 Å². The molecule has 0 bridgehead atoms. The Morgan fingerprint density at radius 3 is 3.00 bits per heavy atom. The first kappa shape index (κ1) is 14.0. The van der Waals surface area contributed by atoms with E-state index in [4.69, 9.17) is 16.3 Å². The molecule has 1 aromatic heterocycles. The van der Waals surface area contributed by atoms with Crippen LogP contribution in [0.5, 0.6) is 5.75 Å². The van der Waals surface area contributed by atoms with Crippen LogP contribution in [0.4, 0.5) is 5.69 Å². The van der Waals surface area contributed by atoms with E-state index in [2.05, 4.69) is 10.3 Å². The molecule has 0 amide bonds. The summed E-state index contributed by atoms with van der Waals surface area (Å²) in [7, 11) is 1.64. The second-order valence-corrected chi connectivity index (χ2v) is 5.63. The number of rotatable bonds is 3. The summed E-state index contributed by atoms with van der Waals surface area (Å²) in [6.07, 6.45) is 2.96. The number of anilines is 1. The Bertz CT molecular complexity index is 712. The van der Waals surface area contributed by atoms with Crippen LogP contribution in [0.15, 0.2) is 35.1 Å². The van der Waals surface area contributed by atoms with Crippen LogP contribution >= 0.6 is 11.6 Å². The monoisotopic (exact) mass is 304 g/mol. The van der Waals surface area contributed by atoms with Gasteiger partial charge in [-0.25, -0.2) is 0 Å². The number of aryl methyl sites for hydroxylation is 1. The van der Waals surface area contributed by atoms with Crippen molar-refractivity contribution >= 4 is 17.3 Å². The molecular formula is C16H17ClN2O2. The maximum absolute atomic E-state index is 11.4. The second-order valence-electron chi connectivity index (χ2n) is 5.19. The molecule has 1 atom stereocenters. The van der Waals surface area contributed by atoms with Crippen molar-refractivity contribution in [2.75, 3.05) is 12.4 Å². The third-order valence-corrected chi connectivity index (χ3v) is 4.06. The SMILES string of the molecule is COc1ccc(Cl)cc1NC1CCCc2[nH]c(=O)ccc21. The summed E-state index contributed by atoms with van der Waals surface area (Å²) < 4.78 is 5.37. The van der Waals surface area contributed by atoms with Crippen LogP contribution in [0.1, 0.15) is 30.1 Å². The number of hydrogen-bond acceptors (Lipinski definition) is 3. The molecule has 0 radical (unpaired) electrons. The number of fused-ring (bicyclic) bond motifs is 1. The Labute approximate surface area is 128 Å². The van der Waals surface area contributed by atoms with Gasteiger partial charge < -0.3 is 15.0 Å². The Morgan fingerprint density at radius 2 is 2.19 bits per heavy atom. The number of ether oxygens (including phenoxy) is 1. The summed E-state index contributed by atoms with van der Waals surface area (Å²) in [5.41, 5.74) is 2.99. The molecule has 0 spiro atoms. The first-order valence-corrected chi connectivity index (χ1v) is 7.37. The van der Waals surface area contributed by atoms with Gasteiger partial charge in [0.25, 0.3) is 0 Å². The van der Waals surface area contributed by atoms with Gasteiger partial charge in [0.05, 0.1) is 18.8 Å². The fourth-order valence-electron chi connectivity index (χ4n) is 2.83. The van der Waals surface area contributed by atoms with Crippen LogP contribution in [0, 0.1) is 0 Å². The largest absolute Gasteiger partial charge is 0.495 e. The van der Waals surface area contributed by atoms with E-state index in [1.54, 1.807) is 19.2 Å². The van der Waals surface area contributed by atoms with Crippen molar-refractivity contribution in [2.45, 2.75) is 25.3 Å². The minimum absolute atomic E-state index is 0.0465. The number of aromatic nitrogens is 1. The average molecular weight is 305 g/mol. The summed E-state index contributed by atoms with van der Waals surface area (Å²) in [6, 6.07) is 9.15. The highest BCUT2D eigenvalue weighted by molar-refractivity contribution is 6.30. The van der Waals surface area contributed by atoms with E-state index >= 15 is 0 Å². The molecule has 0 saturated heterocycles. The lowest BCUT2D eigenvalue weighted by molar-refractivity contribution is 0.415. The number of nitrogens with one attached hydrogen (secondary N) is 2. The van der Waals surface area contributed by atoms with Crippen LogP contribution in [0.3, 0.4) is 0 Å². The van der Waals surface area contributed by atoms with E-state index in [1.165, 1.54) is 0 Å². The average Bonchev–Trinajstić information content (AvgIpc) is 2.47. The smallest absolute Gasteiger partial charge is 0.248 e. The van der Waals surface area contributed by atoms with Crippen LogP contribution in [-0.2, 0) is 6.42 Å². The number of hydrogen-bond donors (Lipinski definition) is 2. The Morgan fingerprint density at radius 1 is 1.33 bits per heavy atom. The lowest BCUT2D eigenvalue weighted by Gasteiger charge is -2.27. The summed E-state index contributed by atoms with van der Waals surface area (Å²) in [5, 5.41) is 4.15. The molecule has 0 saturated carbocycles. The molecule has 1 heterocycles. The minimum atomic E-state index is -0.0465. The predicted octanol–water partition coefficient (Wildman–Crippen LogP) is 3.53. The summed E-state index contributed by atoms with van der Waals surface area (Å²) in [4.78, 5) is 14.4. The first-order chi connectivity index (χ1) is 10.2. The minimum Gasteiger partial charge on any atom is -0.495 e. The van der Waals surface area contributed by atoms with Gasteiger partial charge in [-0.15, -0.1) is 0 Å². The molecule has 110 valence electrons. The number of pyridine rings is 1. The van der Waals surface area contributed by atoms with E-state index in [9.17, 15) is 4.79 Å². The van der Waals surface area contributed by atoms with Crippen LogP contribution in [0.2, 0.25) is 5.02 Å². The van der Waals surface area contributed by atoms with Crippen molar-refractivity contribution in [3.8, 4) is 5.75 Å². The van der Waals surface area contributed by atoms with E-state index in [1.807, 2.05) is 18.2 Å². The Balaban J connectivity index is 1.93. The normalized spacial score (nSPS) is 17.1. The summed E-state index contributed by atoms with van der Waals surface area (Å²) >= 11 is 6.07. The van der Waals surface area contributed by atoms with Gasteiger partial charge in [-0.2, -0.15) is 0 Å². The molecule has 5 heteroatoms. The number of benzene rings is 1. The quantitative estimate of drug-likeness (QED) is 0.912. The standard InChI is InChI=1S/C16H17ClN2O2/c1-21-15-7-5-10(17)9-14(15)18-12-3-2-4-13-11(12)6-8-16(20)19-13/h5-9,12,18H,2-4H2,1H3,(H,19,20). The van der Waals surface area contributed by atoms with Gasteiger partial charge in [-0.05, 0) is 49.1 Å².